The molecule has 0 saturated carbocycles. The summed E-state index contributed by atoms with van der Waals surface area (Å²) in [5, 5.41) is 1.82. The average molecular weight is 378 g/mol. The highest BCUT2D eigenvalue weighted by Crippen LogP contribution is 2.33. The first-order chi connectivity index (χ1) is 13.6. The molecule has 5 nitrogen and oxygen atoms in total. The molecule has 142 valence electrons. The number of hydrogen-bond donors (Lipinski definition) is 1. The molecule has 1 N–H and O–H groups in total. The van der Waals surface area contributed by atoms with Gasteiger partial charge in [-0.25, -0.2) is 14.2 Å². The smallest absolute Gasteiger partial charge is 0.357 e. The summed E-state index contributed by atoms with van der Waals surface area (Å²) in [7, 11) is 1.58. The topological polar surface area (TPSA) is 64.2 Å². The van der Waals surface area contributed by atoms with Crippen molar-refractivity contribution in [2.24, 2.45) is 0 Å². The number of nitrogens with one attached hydrogen (secondary N) is 1. The van der Waals surface area contributed by atoms with E-state index in [-0.39, 0.29) is 24.7 Å². The van der Waals surface area contributed by atoms with Crippen LogP contribution in [-0.2, 0) is 16.1 Å². The molecular weight excluding hydrogens is 359 g/mol. The van der Waals surface area contributed by atoms with E-state index >= 15 is 0 Å². The first kappa shape index (κ1) is 18.1. The highest BCUT2D eigenvalue weighted by atomic mass is 19.1. The van der Waals surface area contributed by atoms with Gasteiger partial charge in [0.1, 0.15) is 5.82 Å². The minimum absolute atomic E-state index is 0.228. The first-order valence-electron chi connectivity index (χ1n) is 8.97. The van der Waals surface area contributed by atoms with Crippen molar-refractivity contribution in [3.05, 3.63) is 65.7 Å². The van der Waals surface area contributed by atoms with E-state index < -0.39 is 5.97 Å². The van der Waals surface area contributed by atoms with Crippen LogP contribution in [0.1, 0.15) is 23.0 Å². The van der Waals surface area contributed by atoms with Crippen molar-refractivity contribution in [2.45, 2.75) is 13.5 Å². The molecule has 2 aromatic carbocycles. The number of hydrogen-bond acceptors (Lipinski definition) is 4. The number of benzene rings is 2. The van der Waals surface area contributed by atoms with Gasteiger partial charge in [0.25, 0.3) is 0 Å². The molecule has 6 heteroatoms. The zero-order valence-corrected chi connectivity index (χ0v) is 15.6. The van der Waals surface area contributed by atoms with Gasteiger partial charge in [0, 0.05) is 29.0 Å². The quantitative estimate of drug-likeness (QED) is 0.505. The Morgan fingerprint density at radius 2 is 1.86 bits per heavy atom. The van der Waals surface area contributed by atoms with Crippen molar-refractivity contribution in [2.75, 3.05) is 13.7 Å². The summed E-state index contributed by atoms with van der Waals surface area (Å²) in [6.45, 7) is 2.26. The van der Waals surface area contributed by atoms with Gasteiger partial charge in [0.15, 0.2) is 5.69 Å². The van der Waals surface area contributed by atoms with Gasteiger partial charge in [-0.15, -0.1) is 0 Å². The van der Waals surface area contributed by atoms with Crippen molar-refractivity contribution in [3.63, 3.8) is 0 Å². The number of esters is 1. The lowest BCUT2D eigenvalue weighted by atomic mass is 10.0. The van der Waals surface area contributed by atoms with E-state index in [4.69, 9.17) is 9.47 Å². The summed E-state index contributed by atoms with van der Waals surface area (Å²) >= 11 is 0. The first-order valence-corrected chi connectivity index (χ1v) is 8.97. The summed E-state index contributed by atoms with van der Waals surface area (Å²) in [5.41, 5.74) is 4.52. The molecular formula is C22H19FN2O3. The van der Waals surface area contributed by atoms with Crippen LogP contribution in [0, 0.1) is 5.82 Å². The van der Waals surface area contributed by atoms with E-state index in [1.54, 1.807) is 32.4 Å². The Balaban J connectivity index is 1.96. The van der Waals surface area contributed by atoms with Crippen molar-refractivity contribution < 1.29 is 18.7 Å². The minimum Gasteiger partial charge on any atom is -0.461 e. The summed E-state index contributed by atoms with van der Waals surface area (Å²) in [6.07, 6.45) is 1.64. The van der Waals surface area contributed by atoms with E-state index in [0.29, 0.717) is 5.56 Å². The zero-order chi connectivity index (χ0) is 19.7. The fraction of sp³-hybridized carbons (Fsp3) is 0.182. The number of H-pyrrole nitrogens is 1. The van der Waals surface area contributed by atoms with Crippen LogP contribution in [-0.4, -0.2) is 29.7 Å². The number of fused-ring (bicyclic) bond motifs is 3. The van der Waals surface area contributed by atoms with Gasteiger partial charge >= 0.3 is 5.97 Å². The van der Waals surface area contributed by atoms with Gasteiger partial charge in [-0.05, 0) is 42.3 Å². The van der Waals surface area contributed by atoms with Crippen molar-refractivity contribution >= 4 is 27.8 Å². The number of ether oxygens (including phenoxy) is 2. The largest absolute Gasteiger partial charge is 0.461 e. The second-order valence-corrected chi connectivity index (χ2v) is 6.42. The van der Waals surface area contributed by atoms with Crippen LogP contribution in [0.4, 0.5) is 4.39 Å². The lowest BCUT2D eigenvalue weighted by Crippen LogP contribution is -2.11. The van der Waals surface area contributed by atoms with Crippen LogP contribution in [0.5, 0.6) is 0 Å². The number of nitrogens with zero attached hydrogens (tertiary/aromatic N) is 1. The summed E-state index contributed by atoms with van der Waals surface area (Å²) in [6, 6.07) is 12.3. The van der Waals surface area contributed by atoms with E-state index in [9.17, 15) is 9.18 Å². The molecule has 28 heavy (non-hydrogen) atoms. The Hall–Kier alpha value is -3.25. The fourth-order valence-electron chi connectivity index (χ4n) is 3.44. The number of aromatic amines is 1. The molecule has 0 fully saturated rings. The van der Waals surface area contributed by atoms with Crippen LogP contribution in [0.3, 0.4) is 0 Å². The lowest BCUT2D eigenvalue weighted by molar-refractivity contribution is 0.0514. The third kappa shape index (κ3) is 3.12. The molecule has 2 heterocycles. The Morgan fingerprint density at radius 3 is 2.57 bits per heavy atom. The number of carbonyl (C=O) groups is 1. The van der Waals surface area contributed by atoms with Gasteiger partial charge in [-0.3, -0.25) is 0 Å². The molecule has 0 spiro atoms. The molecule has 0 bridgehead atoms. The number of pyridine rings is 1. The average Bonchev–Trinajstić information content (AvgIpc) is 3.07. The Bertz CT molecular complexity index is 1170. The molecule has 2 aromatic heterocycles. The lowest BCUT2D eigenvalue weighted by Gasteiger charge is -2.09. The Labute approximate surface area is 161 Å². The van der Waals surface area contributed by atoms with Gasteiger partial charge in [-0.2, -0.15) is 0 Å². The molecule has 0 atom stereocenters. The SMILES string of the molecule is CCOC(=O)c1ncc2[nH]c3ccc(-c4ccc(F)cc4)cc3c2c1COC. The maximum atomic E-state index is 13.3. The molecule has 0 aliphatic rings. The van der Waals surface area contributed by atoms with E-state index in [0.717, 1.165) is 32.9 Å². The van der Waals surface area contributed by atoms with Gasteiger partial charge in [0.05, 0.1) is 24.9 Å². The summed E-state index contributed by atoms with van der Waals surface area (Å²) in [4.78, 5) is 20.0. The Morgan fingerprint density at radius 1 is 1.11 bits per heavy atom. The van der Waals surface area contributed by atoms with Crippen LogP contribution < -0.4 is 0 Å². The molecule has 0 saturated heterocycles. The predicted molar refractivity (Wildman–Crippen MR) is 106 cm³/mol. The maximum absolute atomic E-state index is 13.3. The Kier molecular flexibility index (Phi) is 4.79. The van der Waals surface area contributed by atoms with Crippen LogP contribution >= 0.6 is 0 Å². The van der Waals surface area contributed by atoms with Crippen LogP contribution in [0.2, 0.25) is 0 Å². The minimum atomic E-state index is -0.472. The van der Waals surface area contributed by atoms with E-state index in [1.807, 2.05) is 18.2 Å². The predicted octanol–water partition coefficient (Wildman–Crippen LogP) is 4.85. The van der Waals surface area contributed by atoms with Gasteiger partial charge in [-0.1, -0.05) is 18.2 Å². The normalized spacial score (nSPS) is 11.2. The van der Waals surface area contributed by atoms with E-state index in [2.05, 4.69) is 9.97 Å². The standard InChI is InChI=1S/C22H19FN2O3/c1-3-28-22(26)21-17(12-27-2)20-16-10-14(13-4-7-15(23)8-5-13)6-9-18(16)25-19(20)11-24-21/h4-11,25H,3,12H2,1-2H3. The third-order valence-electron chi connectivity index (χ3n) is 4.67. The number of rotatable bonds is 5. The van der Waals surface area contributed by atoms with Gasteiger partial charge in [0.2, 0.25) is 0 Å². The molecule has 4 aromatic rings. The zero-order valence-electron chi connectivity index (χ0n) is 15.6. The summed E-state index contributed by atoms with van der Waals surface area (Å²) < 4.78 is 23.8. The molecule has 0 unspecified atom stereocenters. The van der Waals surface area contributed by atoms with Crippen molar-refractivity contribution in [1.82, 2.24) is 9.97 Å². The van der Waals surface area contributed by atoms with Crippen LogP contribution in [0.25, 0.3) is 32.9 Å². The maximum Gasteiger partial charge on any atom is 0.357 e. The molecule has 0 aliphatic carbocycles. The van der Waals surface area contributed by atoms with Crippen molar-refractivity contribution in [3.8, 4) is 11.1 Å². The number of aromatic nitrogens is 2. The number of carbonyl (C=O) groups excluding carboxylic acids is 1. The number of halogens is 1. The van der Waals surface area contributed by atoms with Crippen LogP contribution in [0.15, 0.2) is 48.7 Å². The molecule has 0 aliphatic heterocycles. The van der Waals surface area contributed by atoms with Crippen molar-refractivity contribution in [1.29, 1.82) is 0 Å². The second-order valence-electron chi connectivity index (χ2n) is 6.42. The fourth-order valence-corrected chi connectivity index (χ4v) is 3.44. The molecule has 0 radical (unpaired) electrons. The number of methoxy groups -OCH3 is 1. The highest BCUT2D eigenvalue weighted by Gasteiger charge is 2.20. The second kappa shape index (κ2) is 7.40. The van der Waals surface area contributed by atoms with E-state index in [1.165, 1.54) is 12.1 Å². The molecule has 0 amide bonds. The summed E-state index contributed by atoms with van der Waals surface area (Å²) in [5.74, 6) is -0.745. The van der Waals surface area contributed by atoms with Gasteiger partial charge < -0.3 is 14.5 Å². The monoisotopic (exact) mass is 378 g/mol. The molecule has 4 rings (SSSR count). The highest BCUT2D eigenvalue weighted by molar-refractivity contribution is 6.12. The third-order valence-corrected chi connectivity index (χ3v) is 4.67.